The number of carbonyl (C=O) groups is 4. The van der Waals surface area contributed by atoms with Crippen LogP contribution in [0.4, 0.5) is 0 Å². The Morgan fingerprint density at radius 2 is 1.72 bits per heavy atom. The number of benzene rings is 2. The van der Waals surface area contributed by atoms with E-state index in [0.717, 1.165) is 16.1 Å². The van der Waals surface area contributed by atoms with E-state index in [0.29, 0.717) is 30.6 Å². The molecule has 1 aromatic heterocycles. The van der Waals surface area contributed by atoms with E-state index >= 15 is 0 Å². The Kier molecular flexibility index (Phi) is 7.27. The van der Waals surface area contributed by atoms with Gasteiger partial charge in [0.2, 0.25) is 5.91 Å². The van der Waals surface area contributed by atoms with Gasteiger partial charge in [-0.25, -0.2) is 4.98 Å². The number of carbonyl (C=O) groups excluding carboxylic acids is 4. The topological polar surface area (TPSA) is 99.7 Å². The van der Waals surface area contributed by atoms with Crippen molar-refractivity contribution in [3.05, 3.63) is 76.8 Å². The van der Waals surface area contributed by atoms with Gasteiger partial charge >= 0.3 is 0 Å². The lowest BCUT2D eigenvalue weighted by molar-refractivity contribution is -0.139. The molecule has 0 spiro atoms. The molecule has 4 atom stereocenters. The zero-order valence-electron chi connectivity index (χ0n) is 25.3. The van der Waals surface area contributed by atoms with E-state index in [2.05, 4.69) is 44.9 Å². The molecule has 6 rings (SSSR count). The minimum atomic E-state index is -1.06. The Labute approximate surface area is 256 Å². The highest BCUT2D eigenvalue weighted by molar-refractivity contribution is 7.13. The maximum atomic E-state index is 14.2. The zero-order chi connectivity index (χ0) is 30.7. The predicted molar refractivity (Wildman–Crippen MR) is 166 cm³/mol. The van der Waals surface area contributed by atoms with Crippen LogP contribution in [-0.2, 0) is 15.0 Å². The van der Waals surface area contributed by atoms with Crippen molar-refractivity contribution in [2.45, 2.75) is 70.5 Å². The third kappa shape index (κ3) is 5.18. The Morgan fingerprint density at radius 3 is 2.35 bits per heavy atom. The molecule has 3 aromatic rings. The number of aromatic nitrogens is 1. The molecule has 224 valence electrons. The maximum Gasteiger partial charge on any atom is 0.274 e. The van der Waals surface area contributed by atoms with Crippen molar-refractivity contribution in [1.82, 2.24) is 20.1 Å². The highest BCUT2D eigenvalue weighted by Gasteiger charge is 2.65. The van der Waals surface area contributed by atoms with E-state index in [1.807, 2.05) is 42.5 Å². The van der Waals surface area contributed by atoms with Crippen molar-refractivity contribution in [2.75, 3.05) is 13.1 Å². The van der Waals surface area contributed by atoms with Crippen LogP contribution in [0.2, 0.25) is 0 Å². The minimum Gasteiger partial charge on any atom is -0.337 e. The number of amides is 3. The monoisotopic (exact) mass is 598 g/mol. The summed E-state index contributed by atoms with van der Waals surface area (Å²) in [5.41, 5.74) is 1.77. The lowest BCUT2D eigenvalue weighted by Gasteiger charge is -2.30. The lowest BCUT2D eigenvalue weighted by Crippen LogP contribution is -2.55. The molecule has 3 fully saturated rings. The first-order valence-electron chi connectivity index (χ1n) is 15.0. The van der Waals surface area contributed by atoms with Crippen LogP contribution < -0.4 is 5.32 Å². The fourth-order valence-corrected chi connectivity index (χ4v) is 7.54. The smallest absolute Gasteiger partial charge is 0.274 e. The molecular formula is C34H38N4O4S. The second-order valence-corrected chi connectivity index (χ2v) is 14.3. The number of likely N-dealkylation sites (tertiary alicyclic amines) is 2. The van der Waals surface area contributed by atoms with Crippen LogP contribution in [0.5, 0.6) is 0 Å². The Bertz CT molecular complexity index is 1580. The standard InChI is InChI=1S/C34H38N4O4S/c1-20(2)24-17-34(24,36-29(40)21-11-13-23(14-12-21)33(3,4)5)32(42)37-16-15-26-28(37)27(39)18-38(26)31(41)25-19-43-30(35-25)22-9-7-6-8-10-22/h6-14,19-20,24,26,28H,15-18H2,1-5H3,(H,36,40)/t24?,26-,28+,34?/m1/s1. The van der Waals surface area contributed by atoms with Gasteiger partial charge in [-0.1, -0.05) is 77.1 Å². The fraction of sp³-hybridized carbons (Fsp3) is 0.441. The second-order valence-electron chi connectivity index (χ2n) is 13.4. The van der Waals surface area contributed by atoms with Gasteiger partial charge in [0.1, 0.15) is 22.3 Å². The average molecular weight is 599 g/mol. The summed E-state index contributed by atoms with van der Waals surface area (Å²) in [6, 6.07) is 16.1. The van der Waals surface area contributed by atoms with Gasteiger partial charge in [-0.05, 0) is 47.8 Å². The zero-order valence-corrected chi connectivity index (χ0v) is 26.1. The second kappa shape index (κ2) is 10.7. The third-order valence-electron chi connectivity index (χ3n) is 9.24. The molecule has 3 heterocycles. The van der Waals surface area contributed by atoms with Gasteiger partial charge in [-0.3, -0.25) is 19.2 Å². The largest absolute Gasteiger partial charge is 0.337 e. The number of rotatable bonds is 6. The van der Waals surface area contributed by atoms with Crippen LogP contribution >= 0.6 is 11.3 Å². The molecule has 1 N–H and O–H groups in total. The number of hydrogen-bond donors (Lipinski definition) is 1. The molecule has 0 radical (unpaired) electrons. The number of Topliss-reactive ketones (excluding diaryl/α,β-unsaturated/α-hetero) is 1. The highest BCUT2D eigenvalue weighted by atomic mass is 32.1. The molecule has 8 nitrogen and oxygen atoms in total. The summed E-state index contributed by atoms with van der Waals surface area (Å²) in [5.74, 6) is -0.809. The molecule has 1 aliphatic carbocycles. The summed E-state index contributed by atoms with van der Waals surface area (Å²) in [6.45, 7) is 10.8. The number of fused-ring (bicyclic) bond motifs is 1. The van der Waals surface area contributed by atoms with Gasteiger partial charge in [0.15, 0.2) is 5.78 Å². The van der Waals surface area contributed by atoms with Gasteiger partial charge in [0.25, 0.3) is 11.8 Å². The van der Waals surface area contributed by atoms with Crippen molar-refractivity contribution in [1.29, 1.82) is 0 Å². The Hall–Kier alpha value is -3.85. The molecule has 2 saturated heterocycles. The van der Waals surface area contributed by atoms with Crippen LogP contribution in [0.3, 0.4) is 0 Å². The molecule has 2 aromatic carbocycles. The van der Waals surface area contributed by atoms with Crippen molar-refractivity contribution in [3.63, 3.8) is 0 Å². The van der Waals surface area contributed by atoms with Crippen LogP contribution in [0.15, 0.2) is 60.0 Å². The van der Waals surface area contributed by atoms with E-state index < -0.39 is 17.6 Å². The van der Waals surface area contributed by atoms with Crippen LogP contribution in [0.1, 0.15) is 73.9 Å². The minimum absolute atomic E-state index is 0.0301. The summed E-state index contributed by atoms with van der Waals surface area (Å²) in [6.07, 6.45) is 1.04. The first-order valence-corrected chi connectivity index (χ1v) is 15.9. The third-order valence-corrected chi connectivity index (χ3v) is 10.1. The Balaban J connectivity index is 1.19. The molecule has 3 aliphatic rings. The van der Waals surface area contributed by atoms with Gasteiger partial charge in [-0.15, -0.1) is 11.3 Å². The summed E-state index contributed by atoms with van der Waals surface area (Å²) in [4.78, 5) is 62.4. The van der Waals surface area contributed by atoms with Gasteiger partial charge in [-0.2, -0.15) is 0 Å². The summed E-state index contributed by atoms with van der Waals surface area (Å²) < 4.78 is 0. The van der Waals surface area contributed by atoms with Gasteiger partial charge in [0, 0.05) is 23.1 Å². The summed E-state index contributed by atoms with van der Waals surface area (Å²) in [7, 11) is 0. The van der Waals surface area contributed by atoms with Crippen molar-refractivity contribution in [3.8, 4) is 10.6 Å². The average Bonchev–Trinajstić information content (AvgIpc) is 3.30. The normalized spacial score (nSPS) is 24.8. The molecule has 2 aliphatic heterocycles. The molecule has 2 unspecified atom stereocenters. The van der Waals surface area contributed by atoms with Gasteiger partial charge in [0.05, 0.1) is 12.6 Å². The van der Waals surface area contributed by atoms with Crippen molar-refractivity contribution >= 4 is 34.8 Å². The molecule has 43 heavy (non-hydrogen) atoms. The van der Waals surface area contributed by atoms with E-state index in [4.69, 9.17) is 0 Å². The van der Waals surface area contributed by atoms with E-state index in [1.165, 1.54) is 11.3 Å². The van der Waals surface area contributed by atoms with E-state index in [-0.39, 0.29) is 47.3 Å². The number of nitrogens with zero attached hydrogens (tertiary/aromatic N) is 3. The number of thiazole rings is 1. The first kappa shape index (κ1) is 29.2. The summed E-state index contributed by atoms with van der Waals surface area (Å²) in [5, 5.41) is 5.57. The van der Waals surface area contributed by atoms with Crippen LogP contribution in [0.25, 0.3) is 10.6 Å². The number of ketones is 1. The Morgan fingerprint density at radius 1 is 1.02 bits per heavy atom. The van der Waals surface area contributed by atoms with Crippen molar-refractivity contribution in [2.24, 2.45) is 11.8 Å². The quantitative estimate of drug-likeness (QED) is 0.433. The summed E-state index contributed by atoms with van der Waals surface area (Å²) >= 11 is 1.39. The van der Waals surface area contributed by atoms with Crippen LogP contribution in [0, 0.1) is 11.8 Å². The van der Waals surface area contributed by atoms with Gasteiger partial charge < -0.3 is 15.1 Å². The van der Waals surface area contributed by atoms with E-state index in [1.54, 1.807) is 27.3 Å². The fourth-order valence-electron chi connectivity index (χ4n) is 6.74. The SMILES string of the molecule is CC(C)C1CC1(NC(=O)c1ccc(C(C)(C)C)cc1)C(=O)N1CC[C@@H]2[C@H]1C(=O)CN2C(=O)c1csc(-c2ccccc2)n1. The van der Waals surface area contributed by atoms with E-state index in [9.17, 15) is 19.2 Å². The molecule has 3 amide bonds. The molecule has 0 bridgehead atoms. The molecule has 9 heteroatoms. The number of nitrogens with one attached hydrogen (secondary N) is 1. The maximum absolute atomic E-state index is 14.2. The molecule has 1 saturated carbocycles. The van der Waals surface area contributed by atoms with Crippen molar-refractivity contribution < 1.29 is 19.2 Å². The molecular weight excluding hydrogens is 560 g/mol. The predicted octanol–water partition coefficient (Wildman–Crippen LogP) is 4.95. The van der Waals surface area contributed by atoms with Crippen LogP contribution in [-0.4, -0.2) is 69.0 Å². The highest BCUT2D eigenvalue weighted by Crippen LogP contribution is 2.51. The number of hydrogen-bond acceptors (Lipinski definition) is 6. The first-order chi connectivity index (χ1) is 20.4. The lowest BCUT2D eigenvalue weighted by atomic mass is 9.86.